The van der Waals surface area contributed by atoms with Crippen LogP contribution >= 0.6 is 0 Å². The van der Waals surface area contributed by atoms with E-state index in [2.05, 4.69) is 0 Å². The van der Waals surface area contributed by atoms with Gasteiger partial charge in [0.1, 0.15) is 0 Å². The van der Waals surface area contributed by atoms with Crippen LogP contribution in [0.3, 0.4) is 0 Å². The van der Waals surface area contributed by atoms with Gasteiger partial charge in [0.15, 0.2) is 0 Å². The van der Waals surface area contributed by atoms with Crippen LogP contribution < -0.4 is 0 Å². The molecule has 1 aliphatic heterocycles. The van der Waals surface area contributed by atoms with Crippen LogP contribution in [0.15, 0.2) is 12.2 Å². The van der Waals surface area contributed by atoms with E-state index in [0.29, 0.717) is 6.42 Å². The van der Waals surface area contributed by atoms with Crippen LogP contribution in [-0.2, 0) is 14.3 Å². The number of ether oxygens (including phenoxy) is 1. The SMILES string of the molecule is CC/C=C\C[C@H]1C(=O)OC[C@@H]1CC(=O)O. The first-order chi connectivity index (χ1) is 7.15. The molecule has 1 saturated heterocycles. The molecule has 0 aliphatic carbocycles. The van der Waals surface area contributed by atoms with Crippen molar-refractivity contribution in [2.75, 3.05) is 6.61 Å². The molecule has 1 N–H and O–H groups in total. The fraction of sp³-hybridized carbons (Fsp3) is 0.636. The normalized spacial score (nSPS) is 25.8. The molecule has 1 fully saturated rings. The fourth-order valence-electron chi connectivity index (χ4n) is 1.73. The van der Waals surface area contributed by atoms with Gasteiger partial charge in [-0.2, -0.15) is 0 Å². The van der Waals surface area contributed by atoms with Gasteiger partial charge < -0.3 is 9.84 Å². The van der Waals surface area contributed by atoms with Crippen LogP contribution in [0, 0.1) is 11.8 Å². The Kier molecular flexibility index (Phi) is 4.34. The Bertz CT molecular complexity index is 270. The lowest BCUT2D eigenvalue weighted by Crippen LogP contribution is -2.18. The van der Waals surface area contributed by atoms with Gasteiger partial charge in [-0.1, -0.05) is 19.1 Å². The predicted molar refractivity (Wildman–Crippen MR) is 54.2 cm³/mol. The Morgan fingerprint density at radius 2 is 2.33 bits per heavy atom. The second-order valence-corrected chi connectivity index (χ2v) is 3.71. The van der Waals surface area contributed by atoms with E-state index >= 15 is 0 Å². The maximum absolute atomic E-state index is 11.3. The third-order valence-corrected chi connectivity index (χ3v) is 2.54. The Balaban J connectivity index is 2.52. The molecule has 84 valence electrons. The van der Waals surface area contributed by atoms with Gasteiger partial charge in [-0.25, -0.2) is 0 Å². The molecular weight excluding hydrogens is 196 g/mol. The summed E-state index contributed by atoms with van der Waals surface area (Å²) in [7, 11) is 0. The summed E-state index contributed by atoms with van der Waals surface area (Å²) in [6, 6.07) is 0. The number of cyclic esters (lactones) is 1. The zero-order chi connectivity index (χ0) is 11.3. The molecule has 0 spiro atoms. The maximum Gasteiger partial charge on any atom is 0.309 e. The molecule has 0 aromatic carbocycles. The van der Waals surface area contributed by atoms with E-state index in [1.807, 2.05) is 19.1 Å². The van der Waals surface area contributed by atoms with Crippen LogP contribution in [0.1, 0.15) is 26.2 Å². The predicted octanol–water partition coefficient (Wildman–Crippen LogP) is 1.61. The van der Waals surface area contributed by atoms with Crippen molar-refractivity contribution in [2.24, 2.45) is 11.8 Å². The molecule has 0 radical (unpaired) electrons. The van der Waals surface area contributed by atoms with E-state index in [1.54, 1.807) is 0 Å². The summed E-state index contributed by atoms with van der Waals surface area (Å²) in [4.78, 5) is 21.9. The molecule has 0 saturated carbocycles. The summed E-state index contributed by atoms with van der Waals surface area (Å²) in [5.41, 5.74) is 0. The highest BCUT2D eigenvalue weighted by Gasteiger charge is 2.36. The number of allylic oxidation sites excluding steroid dienone is 2. The van der Waals surface area contributed by atoms with E-state index in [0.717, 1.165) is 6.42 Å². The smallest absolute Gasteiger partial charge is 0.309 e. The molecule has 1 rings (SSSR count). The van der Waals surface area contributed by atoms with Crippen molar-refractivity contribution < 1.29 is 19.4 Å². The second kappa shape index (κ2) is 5.53. The number of hydrogen-bond acceptors (Lipinski definition) is 3. The molecule has 4 heteroatoms. The molecule has 0 bridgehead atoms. The van der Waals surface area contributed by atoms with Crippen molar-refractivity contribution >= 4 is 11.9 Å². The van der Waals surface area contributed by atoms with Gasteiger partial charge in [0.25, 0.3) is 0 Å². The zero-order valence-electron chi connectivity index (χ0n) is 8.81. The lowest BCUT2D eigenvalue weighted by molar-refractivity contribution is -0.141. The van der Waals surface area contributed by atoms with Crippen molar-refractivity contribution in [1.82, 2.24) is 0 Å². The molecule has 15 heavy (non-hydrogen) atoms. The number of esters is 1. The van der Waals surface area contributed by atoms with E-state index in [9.17, 15) is 9.59 Å². The summed E-state index contributed by atoms with van der Waals surface area (Å²) in [5.74, 6) is -1.58. The first-order valence-electron chi connectivity index (χ1n) is 5.18. The van der Waals surface area contributed by atoms with Crippen molar-refractivity contribution in [2.45, 2.75) is 26.2 Å². The Morgan fingerprint density at radius 1 is 1.60 bits per heavy atom. The number of aliphatic carboxylic acids is 1. The van der Waals surface area contributed by atoms with Crippen molar-refractivity contribution in [3.05, 3.63) is 12.2 Å². The highest BCUT2D eigenvalue weighted by atomic mass is 16.5. The van der Waals surface area contributed by atoms with Gasteiger partial charge in [0.2, 0.25) is 0 Å². The summed E-state index contributed by atoms with van der Waals surface area (Å²) in [5, 5.41) is 8.66. The number of carboxylic acids is 1. The largest absolute Gasteiger partial charge is 0.481 e. The van der Waals surface area contributed by atoms with Gasteiger partial charge >= 0.3 is 11.9 Å². The van der Waals surface area contributed by atoms with Gasteiger partial charge in [0.05, 0.1) is 18.9 Å². The summed E-state index contributed by atoms with van der Waals surface area (Å²) >= 11 is 0. The number of carboxylic acid groups (broad SMARTS) is 1. The molecule has 1 aliphatic rings. The zero-order valence-corrected chi connectivity index (χ0v) is 8.81. The Morgan fingerprint density at radius 3 is 2.93 bits per heavy atom. The van der Waals surface area contributed by atoms with Gasteiger partial charge in [-0.3, -0.25) is 9.59 Å². The van der Waals surface area contributed by atoms with Crippen molar-refractivity contribution in [3.63, 3.8) is 0 Å². The maximum atomic E-state index is 11.3. The highest BCUT2D eigenvalue weighted by molar-refractivity contribution is 5.76. The molecular formula is C11H16O4. The first-order valence-corrected chi connectivity index (χ1v) is 5.18. The number of hydrogen-bond donors (Lipinski definition) is 1. The number of carbonyl (C=O) groups is 2. The molecule has 1 heterocycles. The van der Waals surface area contributed by atoms with Crippen molar-refractivity contribution in [1.29, 1.82) is 0 Å². The van der Waals surface area contributed by atoms with E-state index in [1.165, 1.54) is 0 Å². The van der Waals surface area contributed by atoms with E-state index in [-0.39, 0.29) is 30.8 Å². The van der Waals surface area contributed by atoms with Gasteiger partial charge in [-0.05, 0) is 12.8 Å². The van der Waals surface area contributed by atoms with E-state index in [4.69, 9.17) is 9.84 Å². The number of carbonyl (C=O) groups excluding carboxylic acids is 1. The number of rotatable bonds is 5. The van der Waals surface area contributed by atoms with Crippen molar-refractivity contribution in [3.8, 4) is 0 Å². The Labute approximate surface area is 88.9 Å². The standard InChI is InChI=1S/C11H16O4/c1-2-3-4-5-9-8(6-10(12)13)7-15-11(9)14/h3-4,8-9H,2,5-7H2,1H3,(H,12,13)/b4-3-/t8-,9+/m0/s1. The van der Waals surface area contributed by atoms with Crippen LogP contribution in [-0.4, -0.2) is 23.7 Å². The van der Waals surface area contributed by atoms with E-state index < -0.39 is 5.97 Å². The molecule has 0 amide bonds. The molecule has 0 aromatic heterocycles. The minimum absolute atomic E-state index is 0.0103. The fourth-order valence-corrected chi connectivity index (χ4v) is 1.73. The van der Waals surface area contributed by atoms with Gasteiger partial charge in [-0.15, -0.1) is 0 Å². The van der Waals surface area contributed by atoms with Crippen LogP contribution in [0.4, 0.5) is 0 Å². The summed E-state index contributed by atoms with van der Waals surface area (Å²) in [6.07, 6.45) is 5.42. The minimum Gasteiger partial charge on any atom is -0.481 e. The Hall–Kier alpha value is -1.32. The monoisotopic (exact) mass is 212 g/mol. The molecule has 2 atom stereocenters. The summed E-state index contributed by atoms with van der Waals surface area (Å²) < 4.78 is 4.87. The first kappa shape index (κ1) is 11.8. The molecule has 0 unspecified atom stereocenters. The third-order valence-electron chi connectivity index (χ3n) is 2.54. The topological polar surface area (TPSA) is 63.6 Å². The average molecular weight is 212 g/mol. The lowest BCUT2D eigenvalue weighted by Gasteiger charge is -2.10. The minimum atomic E-state index is -0.872. The second-order valence-electron chi connectivity index (χ2n) is 3.71. The van der Waals surface area contributed by atoms with Crippen LogP contribution in [0.25, 0.3) is 0 Å². The third kappa shape index (κ3) is 3.38. The van der Waals surface area contributed by atoms with Crippen LogP contribution in [0.5, 0.6) is 0 Å². The molecule has 4 nitrogen and oxygen atoms in total. The highest BCUT2D eigenvalue weighted by Crippen LogP contribution is 2.28. The van der Waals surface area contributed by atoms with Crippen LogP contribution in [0.2, 0.25) is 0 Å². The summed E-state index contributed by atoms with van der Waals surface area (Å²) in [6.45, 7) is 2.26. The lowest BCUT2D eigenvalue weighted by atomic mass is 9.89. The molecule has 0 aromatic rings. The van der Waals surface area contributed by atoms with Gasteiger partial charge in [0, 0.05) is 5.92 Å². The quantitative estimate of drug-likeness (QED) is 0.555. The average Bonchev–Trinajstić information content (AvgIpc) is 2.49.